The molecule has 0 aromatic heterocycles. The van der Waals surface area contributed by atoms with Crippen LogP contribution in [0.15, 0.2) is 78.9 Å². The van der Waals surface area contributed by atoms with Crippen LogP contribution in [0.1, 0.15) is 53.1 Å². The summed E-state index contributed by atoms with van der Waals surface area (Å²) in [5, 5.41) is 3.20. The minimum absolute atomic E-state index is 0.0892. The van der Waals surface area contributed by atoms with Gasteiger partial charge in [0.1, 0.15) is 12.5 Å². The highest BCUT2D eigenvalue weighted by Crippen LogP contribution is 2.37. The molecular formula is C27H27F6NO3. The van der Waals surface area contributed by atoms with Crippen molar-refractivity contribution in [2.24, 2.45) is 0 Å². The fourth-order valence-electron chi connectivity index (χ4n) is 3.32. The van der Waals surface area contributed by atoms with E-state index in [1.165, 1.54) is 14.0 Å². The van der Waals surface area contributed by atoms with E-state index in [1.54, 1.807) is 7.11 Å². The van der Waals surface area contributed by atoms with Crippen LogP contribution in [0.25, 0.3) is 0 Å². The SMILES string of the molecule is COC(C)c1cc(C(F)(F)F)cc(C(F)(F)F)c1.COC(NC(C=O)c1ccccc1)c1ccccc1. The number of methoxy groups -OCH3 is 2. The topological polar surface area (TPSA) is 47.6 Å². The Hall–Kier alpha value is -3.21. The normalized spacial score (nSPS) is 14.2. The summed E-state index contributed by atoms with van der Waals surface area (Å²) < 4.78 is 85.1. The molecule has 0 aliphatic heterocycles. The first-order valence-electron chi connectivity index (χ1n) is 11.1. The van der Waals surface area contributed by atoms with Crippen LogP contribution >= 0.6 is 0 Å². The summed E-state index contributed by atoms with van der Waals surface area (Å²) in [4.78, 5) is 11.3. The highest BCUT2D eigenvalue weighted by atomic mass is 19.4. The van der Waals surface area contributed by atoms with Crippen molar-refractivity contribution in [3.8, 4) is 0 Å². The van der Waals surface area contributed by atoms with Crippen molar-refractivity contribution in [1.82, 2.24) is 5.32 Å². The number of alkyl halides is 6. The maximum atomic E-state index is 12.5. The molecule has 0 fully saturated rings. The summed E-state index contributed by atoms with van der Waals surface area (Å²) >= 11 is 0. The van der Waals surface area contributed by atoms with Crippen molar-refractivity contribution >= 4 is 6.29 Å². The zero-order valence-electron chi connectivity index (χ0n) is 20.3. The molecule has 37 heavy (non-hydrogen) atoms. The molecule has 1 N–H and O–H groups in total. The molecule has 0 aliphatic carbocycles. The lowest BCUT2D eigenvalue weighted by Gasteiger charge is -2.22. The molecule has 10 heteroatoms. The Morgan fingerprint density at radius 1 is 0.703 bits per heavy atom. The molecule has 3 unspecified atom stereocenters. The molecule has 4 nitrogen and oxygen atoms in total. The van der Waals surface area contributed by atoms with E-state index >= 15 is 0 Å². The molecule has 0 radical (unpaired) electrons. The standard InChI is InChI=1S/C16H17NO2.C11H10F6O/c1-19-16(14-10-6-3-7-11-14)17-15(12-18)13-8-4-2-5-9-13;1-6(18-2)7-3-8(10(12,13)14)5-9(4-7)11(15,16)17/h2-12,15-17H,1H3;3-6H,1-2H3. The summed E-state index contributed by atoms with van der Waals surface area (Å²) in [6.07, 6.45) is -9.93. The highest BCUT2D eigenvalue weighted by molar-refractivity contribution is 5.61. The molecule has 0 amide bonds. The molecule has 3 aromatic rings. The van der Waals surface area contributed by atoms with Crippen LogP contribution in [0.2, 0.25) is 0 Å². The van der Waals surface area contributed by atoms with Crippen LogP contribution in [0.3, 0.4) is 0 Å². The van der Waals surface area contributed by atoms with Crippen molar-refractivity contribution in [3.63, 3.8) is 0 Å². The average molecular weight is 528 g/mol. The Bertz CT molecular complexity index is 1070. The number of ether oxygens (including phenoxy) is 2. The van der Waals surface area contributed by atoms with Crippen molar-refractivity contribution in [2.75, 3.05) is 14.2 Å². The molecule has 0 bridgehead atoms. The molecule has 0 saturated carbocycles. The fraction of sp³-hybridized carbons (Fsp3) is 0.296. The minimum Gasteiger partial charge on any atom is -0.377 e. The smallest absolute Gasteiger partial charge is 0.377 e. The van der Waals surface area contributed by atoms with Crippen LogP contribution in [-0.2, 0) is 26.6 Å². The number of halogens is 6. The number of carbonyl (C=O) groups excluding carboxylic acids is 1. The monoisotopic (exact) mass is 527 g/mol. The van der Waals surface area contributed by atoms with Crippen LogP contribution in [0, 0.1) is 0 Å². The van der Waals surface area contributed by atoms with Gasteiger partial charge in [-0.1, -0.05) is 60.7 Å². The second-order valence-corrected chi connectivity index (χ2v) is 7.93. The van der Waals surface area contributed by atoms with Crippen LogP contribution < -0.4 is 5.32 Å². The summed E-state index contributed by atoms with van der Waals surface area (Å²) in [7, 11) is 2.83. The van der Waals surface area contributed by atoms with Gasteiger partial charge in [0, 0.05) is 14.2 Å². The molecule has 0 aliphatic rings. The molecule has 3 rings (SSSR count). The number of nitrogens with one attached hydrogen (secondary N) is 1. The van der Waals surface area contributed by atoms with Gasteiger partial charge in [-0.05, 0) is 41.8 Å². The number of hydrogen-bond acceptors (Lipinski definition) is 4. The highest BCUT2D eigenvalue weighted by Gasteiger charge is 2.37. The third-order valence-electron chi connectivity index (χ3n) is 5.40. The summed E-state index contributed by atoms with van der Waals surface area (Å²) in [5.74, 6) is 0. The third-order valence-corrected chi connectivity index (χ3v) is 5.40. The van der Waals surface area contributed by atoms with Gasteiger partial charge in [0.15, 0.2) is 0 Å². The van der Waals surface area contributed by atoms with Crippen LogP contribution in [0.4, 0.5) is 26.3 Å². The van der Waals surface area contributed by atoms with Crippen LogP contribution in [0.5, 0.6) is 0 Å². The predicted molar refractivity (Wildman–Crippen MR) is 126 cm³/mol. The zero-order chi connectivity index (χ0) is 27.6. The maximum absolute atomic E-state index is 12.5. The molecule has 0 saturated heterocycles. The Balaban J connectivity index is 0.000000261. The largest absolute Gasteiger partial charge is 0.416 e. The molecule has 200 valence electrons. The van der Waals surface area contributed by atoms with Crippen molar-refractivity contribution in [1.29, 1.82) is 0 Å². The fourth-order valence-corrected chi connectivity index (χ4v) is 3.32. The molecule has 0 heterocycles. The predicted octanol–water partition coefficient (Wildman–Crippen LogP) is 7.29. The van der Waals surface area contributed by atoms with E-state index in [0.29, 0.717) is 12.1 Å². The maximum Gasteiger partial charge on any atom is 0.416 e. The third kappa shape index (κ3) is 8.99. The lowest BCUT2D eigenvalue weighted by atomic mass is 10.0. The van der Waals surface area contributed by atoms with Crippen molar-refractivity contribution in [3.05, 3.63) is 107 Å². The lowest BCUT2D eigenvalue weighted by Crippen LogP contribution is -2.28. The average Bonchev–Trinajstić information content (AvgIpc) is 2.89. The second kappa shape index (κ2) is 13.4. The molecule has 3 atom stereocenters. The number of aldehydes is 1. The summed E-state index contributed by atoms with van der Waals surface area (Å²) in [5.41, 5.74) is -0.921. The second-order valence-electron chi connectivity index (χ2n) is 7.93. The van der Waals surface area contributed by atoms with Gasteiger partial charge in [-0.15, -0.1) is 0 Å². The van der Waals surface area contributed by atoms with Gasteiger partial charge >= 0.3 is 12.4 Å². The number of benzene rings is 3. The van der Waals surface area contributed by atoms with Crippen LogP contribution in [-0.4, -0.2) is 20.5 Å². The van der Waals surface area contributed by atoms with E-state index in [1.807, 2.05) is 60.7 Å². The summed E-state index contributed by atoms with van der Waals surface area (Å²) in [6.45, 7) is 1.37. The van der Waals surface area contributed by atoms with Crippen molar-refractivity contribution < 1.29 is 40.6 Å². The Morgan fingerprint density at radius 3 is 1.54 bits per heavy atom. The van der Waals surface area contributed by atoms with E-state index < -0.39 is 29.6 Å². The van der Waals surface area contributed by atoms with Gasteiger partial charge in [-0.25, -0.2) is 0 Å². The first-order chi connectivity index (χ1) is 17.4. The molecular weight excluding hydrogens is 500 g/mol. The molecule has 3 aromatic carbocycles. The minimum atomic E-state index is -4.83. The van der Waals surface area contributed by atoms with Gasteiger partial charge in [0.25, 0.3) is 0 Å². The zero-order valence-corrected chi connectivity index (χ0v) is 20.3. The van der Waals surface area contributed by atoms with E-state index in [2.05, 4.69) is 5.32 Å². The lowest BCUT2D eigenvalue weighted by molar-refractivity contribution is -0.143. The van der Waals surface area contributed by atoms with Gasteiger partial charge in [0.2, 0.25) is 0 Å². The van der Waals surface area contributed by atoms with E-state index in [9.17, 15) is 31.1 Å². The first-order valence-corrected chi connectivity index (χ1v) is 11.1. The Morgan fingerprint density at radius 2 is 1.16 bits per heavy atom. The Kier molecular flexibility index (Phi) is 10.8. The number of rotatable bonds is 8. The van der Waals surface area contributed by atoms with Crippen molar-refractivity contribution in [2.45, 2.75) is 37.7 Å². The quantitative estimate of drug-likeness (QED) is 0.190. The van der Waals surface area contributed by atoms with E-state index in [0.717, 1.165) is 17.4 Å². The Labute approximate surface area is 211 Å². The summed E-state index contributed by atoms with van der Waals surface area (Å²) in [6, 6.07) is 20.4. The first kappa shape index (κ1) is 30.0. The van der Waals surface area contributed by atoms with Gasteiger partial charge < -0.3 is 14.3 Å². The van der Waals surface area contributed by atoms with Gasteiger partial charge in [-0.2, -0.15) is 26.3 Å². The van der Waals surface area contributed by atoms with E-state index in [-0.39, 0.29) is 23.9 Å². The molecule has 0 spiro atoms. The number of carbonyl (C=O) groups is 1. The van der Waals surface area contributed by atoms with E-state index in [4.69, 9.17) is 9.47 Å². The van der Waals surface area contributed by atoms with Gasteiger partial charge in [0.05, 0.1) is 23.3 Å². The number of hydrogen-bond donors (Lipinski definition) is 1. The van der Waals surface area contributed by atoms with Gasteiger partial charge in [-0.3, -0.25) is 5.32 Å².